The molecule has 0 aliphatic rings. The first-order chi connectivity index (χ1) is 22.2. The molecule has 0 radical (unpaired) electrons. The van der Waals surface area contributed by atoms with Gasteiger partial charge in [0, 0.05) is 40.9 Å². The van der Waals surface area contributed by atoms with E-state index in [2.05, 4.69) is 114 Å². The molecule has 0 N–H and O–H groups in total. The summed E-state index contributed by atoms with van der Waals surface area (Å²) in [6, 6.07) is 29.4. The summed E-state index contributed by atoms with van der Waals surface area (Å²) < 4.78 is 10.7. The van der Waals surface area contributed by atoms with Crippen LogP contribution in [0.5, 0.6) is 11.5 Å². The fourth-order valence-electron chi connectivity index (χ4n) is 6.79. The third-order valence-corrected chi connectivity index (χ3v) is 9.09. The average Bonchev–Trinajstić information content (AvgIpc) is 3.65. The second kappa shape index (κ2) is 11.6. The normalized spacial score (nSPS) is 11.8. The number of para-hydroxylation sites is 1. The molecule has 3 aromatic heterocycles. The molecule has 0 saturated carbocycles. The lowest BCUT2D eigenvalue weighted by molar-refractivity contribution is 0.483. The molecular weight excluding hydrogens is 564 g/mol. The Hall–Kier alpha value is -5.16. The van der Waals surface area contributed by atoms with E-state index in [4.69, 9.17) is 14.8 Å². The summed E-state index contributed by atoms with van der Waals surface area (Å²) in [5, 5.41) is 7.18. The molecule has 0 unspecified atom stereocenters. The Bertz CT molecular complexity index is 2230. The van der Waals surface area contributed by atoms with Crippen LogP contribution < -0.4 is 4.74 Å². The molecule has 3 heterocycles. The number of pyridine rings is 1. The number of rotatable bonds is 7. The van der Waals surface area contributed by atoms with Gasteiger partial charge in [0.1, 0.15) is 17.3 Å². The summed E-state index contributed by atoms with van der Waals surface area (Å²) in [4.78, 5) is 4.72. The highest BCUT2D eigenvalue weighted by Crippen LogP contribution is 2.40. The van der Waals surface area contributed by atoms with Gasteiger partial charge in [0.05, 0.1) is 22.9 Å². The topological polar surface area (TPSA) is 44.9 Å². The maximum atomic E-state index is 6.51. The Labute approximate surface area is 271 Å². The number of nitrogens with zero attached hydrogens (tertiary/aromatic N) is 4. The maximum absolute atomic E-state index is 6.51. The van der Waals surface area contributed by atoms with Gasteiger partial charge in [-0.1, -0.05) is 58.0 Å². The average molecular weight is 605 g/mol. The minimum atomic E-state index is 0.407. The van der Waals surface area contributed by atoms with Crippen molar-refractivity contribution in [1.82, 2.24) is 19.3 Å². The predicted octanol–water partition coefficient (Wildman–Crippen LogP) is 11.0. The van der Waals surface area contributed by atoms with Gasteiger partial charge in [-0.25, -0.2) is 9.67 Å². The monoisotopic (exact) mass is 604 g/mol. The van der Waals surface area contributed by atoms with E-state index < -0.39 is 0 Å². The van der Waals surface area contributed by atoms with E-state index in [-0.39, 0.29) is 0 Å². The minimum Gasteiger partial charge on any atom is -0.457 e. The Morgan fingerprint density at radius 1 is 0.717 bits per heavy atom. The molecule has 0 atom stereocenters. The second-order valence-electron chi connectivity index (χ2n) is 13.0. The summed E-state index contributed by atoms with van der Waals surface area (Å²) in [5.74, 6) is 3.22. The van der Waals surface area contributed by atoms with Crippen molar-refractivity contribution in [2.75, 3.05) is 0 Å². The van der Waals surface area contributed by atoms with Gasteiger partial charge in [-0.3, -0.25) is 4.57 Å². The third kappa shape index (κ3) is 5.16. The van der Waals surface area contributed by atoms with Crippen molar-refractivity contribution in [2.24, 2.45) is 0 Å². The zero-order chi connectivity index (χ0) is 32.1. The quantitative estimate of drug-likeness (QED) is 0.182. The molecule has 0 aliphatic heterocycles. The van der Waals surface area contributed by atoms with Crippen LogP contribution in [-0.2, 0) is 0 Å². The molecule has 0 aliphatic carbocycles. The number of ether oxygens (including phenoxy) is 1. The molecule has 4 aromatic carbocycles. The van der Waals surface area contributed by atoms with Gasteiger partial charge < -0.3 is 4.74 Å². The fourth-order valence-corrected chi connectivity index (χ4v) is 6.79. The van der Waals surface area contributed by atoms with Crippen LogP contribution in [0.25, 0.3) is 44.4 Å². The maximum Gasteiger partial charge on any atom is 0.137 e. The lowest BCUT2D eigenvalue weighted by Gasteiger charge is -2.23. The van der Waals surface area contributed by atoms with Crippen LogP contribution >= 0.6 is 0 Å². The van der Waals surface area contributed by atoms with Crippen molar-refractivity contribution in [3.8, 4) is 34.1 Å². The zero-order valence-electron chi connectivity index (χ0n) is 27.7. The highest BCUT2D eigenvalue weighted by molar-refractivity contribution is 6.09. The fraction of sp³-hybridized carbons (Fsp3) is 0.220. The largest absolute Gasteiger partial charge is 0.457 e. The predicted molar refractivity (Wildman–Crippen MR) is 190 cm³/mol. The molecular formula is C41H40N4O. The lowest BCUT2D eigenvalue weighted by atomic mass is 9.81. The summed E-state index contributed by atoms with van der Waals surface area (Å²) in [6.45, 7) is 15.7. The highest BCUT2D eigenvalue weighted by atomic mass is 16.5. The van der Waals surface area contributed by atoms with Crippen molar-refractivity contribution in [3.05, 3.63) is 131 Å². The zero-order valence-corrected chi connectivity index (χ0v) is 27.7. The molecule has 0 saturated heterocycles. The molecule has 7 aromatic rings. The van der Waals surface area contributed by atoms with Gasteiger partial charge >= 0.3 is 0 Å². The van der Waals surface area contributed by atoms with Crippen molar-refractivity contribution in [3.63, 3.8) is 0 Å². The van der Waals surface area contributed by atoms with Gasteiger partial charge in [-0.05, 0) is 108 Å². The number of aryl methyl sites for hydroxylation is 2. The molecule has 0 fully saturated rings. The smallest absolute Gasteiger partial charge is 0.137 e. The molecule has 0 amide bonds. The van der Waals surface area contributed by atoms with Gasteiger partial charge in [0.15, 0.2) is 0 Å². The van der Waals surface area contributed by atoms with E-state index in [1.54, 1.807) is 0 Å². The van der Waals surface area contributed by atoms with E-state index in [0.29, 0.717) is 11.8 Å². The lowest BCUT2D eigenvalue weighted by Crippen LogP contribution is -2.04. The number of benzene rings is 4. The van der Waals surface area contributed by atoms with Gasteiger partial charge in [0.25, 0.3) is 0 Å². The van der Waals surface area contributed by atoms with Gasteiger partial charge in [0.2, 0.25) is 0 Å². The van der Waals surface area contributed by atoms with Crippen LogP contribution in [0.15, 0.2) is 104 Å². The van der Waals surface area contributed by atoms with Crippen LogP contribution in [0.1, 0.15) is 67.3 Å². The van der Waals surface area contributed by atoms with Crippen LogP contribution in [0.4, 0.5) is 0 Å². The molecule has 46 heavy (non-hydrogen) atoms. The Kier molecular flexibility index (Phi) is 7.48. The Morgan fingerprint density at radius 3 is 2.28 bits per heavy atom. The molecule has 5 heteroatoms. The number of hydrogen-bond acceptors (Lipinski definition) is 3. The number of aromatic nitrogens is 4. The SMILES string of the molecule is Cc1ccnc(-n2c3ccccc3c3ccc(Oc4cccc(-n5cc(-c6c(C(C)C)cc(C)c(C)c6C(C)C)cn5)c4)cc32)c1. The van der Waals surface area contributed by atoms with E-state index in [1.165, 1.54) is 38.8 Å². The van der Waals surface area contributed by atoms with E-state index in [0.717, 1.165) is 45.0 Å². The van der Waals surface area contributed by atoms with E-state index in [1.807, 2.05) is 47.4 Å². The van der Waals surface area contributed by atoms with Crippen molar-refractivity contribution < 1.29 is 4.74 Å². The van der Waals surface area contributed by atoms with Crippen molar-refractivity contribution >= 4 is 21.8 Å². The summed E-state index contributed by atoms with van der Waals surface area (Å²) in [5.41, 5.74) is 12.3. The van der Waals surface area contributed by atoms with Gasteiger partial charge in [-0.2, -0.15) is 5.10 Å². The van der Waals surface area contributed by atoms with Crippen LogP contribution in [0.3, 0.4) is 0 Å². The third-order valence-electron chi connectivity index (χ3n) is 9.09. The first-order valence-corrected chi connectivity index (χ1v) is 16.1. The Morgan fingerprint density at radius 2 is 1.50 bits per heavy atom. The number of fused-ring (bicyclic) bond motifs is 3. The molecule has 230 valence electrons. The van der Waals surface area contributed by atoms with Gasteiger partial charge in [-0.15, -0.1) is 0 Å². The molecule has 0 bridgehead atoms. The van der Waals surface area contributed by atoms with Crippen molar-refractivity contribution in [1.29, 1.82) is 0 Å². The first kappa shape index (κ1) is 29.5. The van der Waals surface area contributed by atoms with E-state index in [9.17, 15) is 0 Å². The summed E-state index contributed by atoms with van der Waals surface area (Å²) in [6.07, 6.45) is 6.02. The van der Waals surface area contributed by atoms with Crippen LogP contribution in [0.2, 0.25) is 0 Å². The number of hydrogen-bond donors (Lipinski definition) is 0. The summed E-state index contributed by atoms with van der Waals surface area (Å²) >= 11 is 0. The standard InChI is InChI=1S/C41H40N4O/c1-25(2)36-20-28(6)29(7)40(26(3)4)41(36)30-23-43-44(24-30)31-11-10-12-32(21-31)46-33-15-16-35-34-13-8-9-14-37(34)45(38(35)22-33)39-19-27(5)17-18-42-39/h8-26H,1-7H3. The van der Waals surface area contributed by atoms with E-state index >= 15 is 0 Å². The van der Waals surface area contributed by atoms with Crippen LogP contribution in [-0.4, -0.2) is 19.3 Å². The minimum absolute atomic E-state index is 0.407. The first-order valence-electron chi connectivity index (χ1n) is 16.1. The second-order valence-corrected chi connectivity index (χ2v) is 13.0. The molecule has 5 nitrogen and oxygen atoms in total. The summed E-state index contributed by atoms with van der Waals surface area (Å²) in [7, 11) is 0. The highest BCUT2D eigenvalue weighted by Gasteiger charge is 2.21. The molecule has 0 spiro atoms. The van der Waals surface area contributed by atoms with Crippen molar-refractivity contribution in [2.45, 2.75) is 60.3 Å². The molecule has 7 rings (SSSR count). The Balaban J connectivity index is 1.26. The van der Waals surface area contributed by atoms with Crippen LogP contribution in [0, 0.1) is 20.8 Å².